The van der Waals surface area contributed by atoms with E-state index in [0.717, 1.165) is 19.3 Å². The molecular weight excluding hydrogens is 312 g/mol. The lowest BCUT2D eigenvalue weighted by Gasteiger charge is -2.22. The van der Waals surface area contributed by atoms with Gasteiger partial charge in [-0.15, -0.1) is 0 Å². The van der Waals surface area contributed by atoms with E-state index in [1.54, 1.807) is 12.1 Å². The number of nitrogens with zero attached hydrogens (tertiary/aromatic N) is 2. The van der Waals surface area contributed by atoms with Crippen molar-refractivity contribution in [2.24, 2.45) is 0 Å². The second-order valence-electron chi connectivity index (χ2n) is 4.63. The fraction of sp³-hybridized carbons (Fsp3) is 0.462. The third kappa shape index (κ3) is 2.94. The van der Waals surface area contributed by atoms with E-state index in [2.05, 4.69) is 15.9 Å². The van der Waals surface area contributed by atoms with Gasteiger partial charge in [0.15, 0.2) is 0 Å². The lowest BCUT2D eigenvalue weighted by molar-refractivity contribution is -0.385. The summed E-state index contributed by atoms with van der Waals surface area (Å²) in [5.41, 5.74) is 0.299. The number of rotatable bonds is 5. The molecule has 1 aromatic rings. The molecule has 0 N–H and O–H groups in total. The van der Waals surface area contributed by atoms with Crippen LogP contribution in [0.3, 0.4) is 0 Å². The van der Waals surface area contributed by atoms with E-state index in [4.69, 9.17) is 0 Å². The van der Waals surface area contributed by atoms with Crippen LogP contribution in [-0.4, -0.2) is 28.3 Å². The average Bonchev–Trinajstić information content (AvgIpc) is 3.19. The van der Waals surface area contributed by atoms with E-state index in [1.165, 1.54) is 6.07 Å². The first-order chi connectivity index (χ1) is 9.06. The number of halogens is 1. The van der Waals surface area contributed by atoms with Crippen LogP contribution >= 0.6 is 15.9 Å². The molecule has 1 fully saturated rings. The van der Waals surface area contributed by atoms with Gasteiger partial charge in [-0.05, 0) is 41.3 Å². The van der Waals surface area contributed by atoms with Crippen molar-refractivity contribution in [1.82, 2.24) is 4.90 Å². The molecule has 19 heavy (non-hydrogen) atoms. The summed E-state index contributed by atoms with van der Waals surface area (Å²) in [5, 5.41) is 10.9. The smallest absolute Gasteiger partial charge is 0.284 e. The van der Waals surface area contributed by atoms with Gasteiger partial charge in [-0.1, -0.05) is 13.0 Å². The first kappa shape index (κ1) is 14.0. The number of amides is 1. The second-order valence-corrected chi connectivity index (χ2v) is 5.42. The quantitative estimate of drug-likeness (QED) is 0.615. The molecule has 0 atom stereocenters. The van der Waals surface area contributed by atoms with Gasteiger partial charge in [0.2, 0.25) is 0 Å². The molecule has 0 saturated heterocycles. The Labute approximate surface area is 119 Å². The average molecular weight is 327 g/mol. The number of carbonyl (C=O) groups excluding carboxylic acids is 1. The topological polar surface area (TPSA) is 63.5 Å². The SMILES string of the molecule is CCCN(C(=O)c1cccc([N+](=O)[O-])c1Br)C1CC1. The van der Waals surface area contributed by atoms with Crippen LogP contribution in [0, 0.1) is 10.1 Å². The highest BCUT2D eigenvalue weighted by molar-refractivity contribution is 9.10. The standard InChI is InChI=1S/C13H15BrN2O3/c1-2-8-15(9-6-7-9)13(17)10-4-3-5-11(12(10)14)16(18)19/h3-5,9H,2,6-8H2,1H3. The summed E-state index contributed by atoms with van der Waals surface area (Å²) in [6.07, 6.45) is 2.94. The predicted molar refractivity (Wildman–Crippen MR) is 75.1 cm³/mol. The van der Waals surface area contributed by atoms with Crippen LogP contribution in [-0.2, 0) is 0 Å². The fourth-order valence-electron chi connectivity index (χ4n) is 2.06. The number of carbonyl (C=O) groups is 1. The zero-order valence-electron chi connectivity index (χ0n) is 10.6. The first-order valence-electron chi connectivity index (χ1n) is 6.30. The van der Waals surface area contributed by atoms with Crippen LogP contribution in [0.5, 0.6) is 0 Å². The predicted octanol–water partition coefficient (Wildman–Crippen LogP) is 3.37. The molecule has 1 aliphatic rings. The monoisotopic (exact) mass is 326 g/mol. The maximum Gasteiger partial charge on any atom is 0.284 e. The van der Waals surface area contributed by atoms with E-state index in [-0.39, 0.29) is 16.1 Å². The minimum atomic E-state index is -0.484. The number of nitro benzene ring substituents is 1. The van der Waals surface area contributed by atoms with Crippen molar-refractivity contribution in [3.05, 3.63) is 38.3 Å². The highest BCUT2D eigenvalue weighted by Crippen LogP contribution is 2.33. The molecule has 102 valence electrons. The first-order valence-corrected chi connectivity index (χ1v) is 7.09. The normalized spacial score (nSPS) is 14.2. The minimum Gasteiger partial charge on any atom is -0.336 e. The van der Waals surface area contributed by atoms with Gasteiger partial charge in [-0.2, -0.15) is 0 Å². The second kappa shape index (κ2) is 5.69. The summed E-state index contributed by atoms with van der Waals surface area (Å²) in [7, 11) is 0. The summed E-state index contributed by atoms with van der Waals surface area (Å²) in [5.74, 6) is -0.125. The van der Waals surface area contributed by atoms with Gasteiger partial charge >= 0.3 is 0 Å². The zero-order chi connectivity index (χ0) is 14.0. The fourth-order valence-corrected chi connectivity index (χ4v) is 2.64. The van der Waals surface area contributed by atoms with Crippen LogP contribution in [0.2, 0.25) is 0 Å². The molecule has 0 bridgehead atoms. The molecule has 5 nitrogen and oxygen atoms in total. The van der Waals surface area contributed by atoms with Gasteiger partial charge in [0.25, 0.3) is 11.6 Å². The van der Waals surface area contributed by atoms with Gasteiger partial charge in [0.05, 0.1) is 10.5 Å². The van der Waals surface area contributed by atoms with Crippen LogP contribution < -0.4 is 0 Å². The minimum absolute atomic E-state index is 0.0712. The number of nitro groups is 1. The van der Waals surface area contributed by atoms with Crippen molar-refractivity contribution in [3.8, 4) is 0 Å². The summed E-state index contributed by atoms with van der Waals surface area (Å²) < 4.78 is 0.270. The third-order valence-electron chi connectivity index (χ3n) is 3.12. The van der Waals surface area contributed by atoms with Gasteiger partial charge in [-0.3, -0.25) is 14.9 Å². The third-order valence-corrected chi connectivity index (χ3v) is 3.95. The van der Waals surface area contributed by atoms with Gasteiger partial charge < -0.3 is 4.90 Å². The Morgan fingerprint density at radius 3 is 2.74 bits per heavy atom. The Kier molecular flexibility index (Phi) is 4.19. The van der Waals surface area contributed by atoms with E-state index in [1.807, 2.05) is 11.8 Å². The Balaban J connectivity index is 2.32. The highest BCUT2D eigenvalue weighted by Gasteiger charge is 2.34. The van der Waals surface area contributed by atoms with Gasteiger partial charge in [0.1, 0.15) is 4.47 Å². The van der Waals surface area contributed by atoms with E-state index in [0.29, 0.717) is 18.2 Å². The Morgan fingerprint density at radius 2 is 2.21 bits per heavy atom. The summed E-state index contributed by atoms with van der Waals surface area (Å²) in [6, 6.07) is 4.87. The highest BCUT2D eigenvalue weighted by atomic mass is 79.9. The molecule has 2 rings (SSSR count). The summed E-state index contributed by atoms with van der Waals surface area (Å²) in [6.45, 7) is 2.71. The van der Waals surface area contributed by atoms with Crippen LogP contribution in [0.1, 0.15) is 36.5 Å². The van der Waals surface area contributed by atoms with E-state index < -0.39 is 4.92 Å². The molecule has 0 unspecified atom stereocenters. The molecule has 6 heteroatoms. The van der Waals surface area contributed by atoms with Crippen molar-refractivity contribution in [3.63, 3.8) is 0 Å². The van der Waals surface area contributed by atoms with E-state index >= 15 is 0 Å². The number of hydrogen-bond acceptors (Lipinski definition) is 3. The van der Waals surface area contributed by atoms with Crippen LogP contribution in [0.15, 0.2) is 22.7 Å². The molecule has 1 aliphatic carbocycles. The van der Waals surface area contributed by atoms with E-state index in [9.17, 15) is 14.9 Å². The largest absolute Gasteiger partial charge is 0.336 e. The molecule has 0 heterocycles. The van der Waals surface area contributed by atoms with Crippen molar-refractivity contribution in [2.45, 2.75) is 32.2 Å². The lowest BCUT2D eigenvalue weighted by Crippen LogP contribution is -2.34. The molecule has 1 aromatic carbocycles. The number of hydrogen-bond donors (Lipinski definition) is 0. The molecule has 1 amide bonds. The van der Waals surface area contributed by atoms with Crippen LogP contribution in [0.4, 0.5) is 5.69 Å². The molecule has 1 saturated carbocycles. The molecule has 0 radical (unpaired) electrons. The van der Waals surface area contributed by atoms with Crippen molar-refractivity contribution in [1.29, 1.82) is 0 Å². The Bertz CT molecular complexity index is 515. The maximum absolute atomic E-state index is 12.5. The summed E-state index contributed by atoms with van der Waals surface area (Å²) in [4.78, 5) is 24.7. The Hall–Kier alpha value is -1.43. The van der Waals surface area contributed by atoms with Crippen LogP contribution in [0.25, 0.3) is 0 Å². The molecular formula is C13H15BrN2O3. The molecule has 0 spiro atoms. The molecule has 0 aromatic heterocycles. The lowest BCUT2D eigenvalue weighted by atomic mass is 10.1. The number of benzene rings is 1. The molecule has 0 aliphatic heterocycles. The van der Waals surface area contributed by atoms with Crippen molar-refractivity contribution in [2.75, 3.05) is 6.54 Å². The van der Waals surface area contributed by atoms with Gasteiger partial charge in [-0.25, -0.2) is 0 Å². The summed E-state index contributed by atoms with van der Waals surface area (Å²) >= 11 is 3.18. The van der Waals surface area contributed by atoms with Crippen molar-refractivity contribution >= 4 is 27.5 Å². The van der Waals surface area contributed by atoms with Crippen molar-refractivity contribution < 1.29 is 9.72 Å². The Morgan fingerprint density at radius 1 is 1.53 bits per heavy atom. The van der Waals surface area contributed by atoms with Gasteiger partial charge in [0, 0.05) is 18.7 Å². The maximum atomic E-state index is 12.5. The zero-order valence-corrected chi connectivity index (χ0v) is 12.2.